The van der Waals surface area contributed by atoms with Crippen molar-refractivity contribution in [3.8, 4) is 5.75 Å². The number of hydrogen-bond donors (Lipinski definition) is 1. The molecule has 0 saturated heterocycles. The first kappa shape index (κ1) is 16.9. The summed E-state index contributed by atoms with van der Waals surface area (Å²) in [4.78, 5) is 24.5. The molecule has 6 heteroatoms. The fraction of sp³-hybridized carbons (Fsp3) is 0.467. The fourth-order valence-corrected chi connectivity index (χ4v) is 1.94. The van der Waals surface area contributed by atoms with Crippen molar-refractivity contribution in [3.63, 3.8) is 0 Å². The predicted octanol–water partition coefficient (Wildman–Crippen LogP) is 2.31. The van der Waals surface area contributed by atoms with E-state index in [9.17, 15) is 14.0 Å². The van der Waals surface area contributed by atoms with Gasteiger partial charge in [-0.15, -0.1) is 0 Å². The lowest BCUT2D eigenvalue weighted by molar-refractivity contribution is -0.156. The molecule has 0 aliphatic carbocycles. The Hall–Kier alpha value is -2.11. The molecule has 21 heavy (non-hydrogen) atoms. The van der Waals surface area contributed by atoms with Gasteiger partial charge in [-0.25, -0.2) is 9.18 Å². The van der Waals surface area contributed by atoms with Crippen LogP contribution < -0.4 is 4.74 Å². The summed E-state index contributed by atoms with van der Waals surface area (Å²) >= 11 is 0. The largest absolute Gasteiger partial charge is 0.490 e. The van der Waals surface area contributed by atoms with E-state index in [1.807, 2.05) is 0 Å². The molecule has 0 aromatic heterocycles. The minimum absolute atomic E-state index is 0.00797. The van der Waals surface area contributed by atoms with Gasteiger partial charge in [0, 0.05) is 6.54 Å². The first-order valence-corrected chi connectivity index (χ1v) is 6.72. The van der Waals surface area contributed by atoms with Crippen LogP contribution in [0.4, 0.5) is 4.39 Å². The zero-order valence-electron chi connectivity index (χ0n) is 12.4. The topological polar surface area (TPSA) is 66.8 Å². The van der Waals surface area contributed by atoms with E-state index in [0.29, 0.717) is 0 Å². The van der Waals surface area contributed by atoms with Crippen LogP contribution in [0.5, 0.6) is 5.75 Å². The van der Waals surface area contributed by atoms with Crippen molar-refractivity contribution in [3.05, 3.63) is 30.1 Å². The molecule has 0 saturated carbocycles. The number of para-hydroxylation sites is 1. The van der Waals surface area contributed by atoms with E-state index in [-0.39, 0.29) is 31.2 Å². The summed E-state index contributed by atoms with van der Waals surface area (Å²) in [6, 6.07) is 5.91. The molecule has 0 atom stereocenters. The predicted molar refractivity (Wildman–Crippen MR) is 75.6 cm³/mol. The van der Waals surface area contributed by atoms with Crippen LogP contribution in [0.1, 0.15) is 27.2 Å². The van der Waals surface area contributed by atoms with Crippen LogP contribution >= 0.6 is 0 Å². The van der Waals surface area contributed by atoms with Gasteiger partial charge < -0.3 is 14.7 Å². The van der Waals surface area contributed by atoms with Crippen LogP contribution in [-0.4, -0.2) is 40.6 Å². The Labute approximate surface area is 123 Å². The zero-order chi connectivity index (χ0) is 16.0. The minimum Gasteiger partial charge on any atom is -0.490 e. The Morgan fingerprint density at radius 1 is 1.33 bits per heavy atom. The number of benzene rings is 1. The van der Waals surface area contributed by atoms with Gasteiger partial charge in [0.15, 0.2) is 11.6 Å². The van der Waals surface area contributed by atoms with Gasteiger partial charge in [0.25, 0.3) is 0 Å². The molecule has 0 aliphatic rings. The summed E-state index contributed by atoms with van der Waals surface area (Å²) in [6.45, 7) is 4.91. The Morgan fingerprint density at radius 3 is 2.48 bits per heavy atom. The smallest absolute Gasteiger partial charge is 0.329 e. The fourth-order valence-electron chi connectivity index (χ4n) is 1.94. The maximum atomic E-state index is 13.3. The van der Waals surface area contributed by atoms with Gasteiger partial charge in [0.05, 0.1) is 13.0 Å². The quantitative estimate of drug-likeness (QED) is 0.838. The molecule has 116 valence electrons. The molecular formula is C15H20FNO4. The lowest BCUT2D eigenvalue weighted by Gasteiger charge is -2.34. The molecule has 1 aromatic carbocycles. The molecule has 0 heterocycles. The summed E-state index contributed by atoms with van der Waals surface area (Å²) in [7, 11) is 0. The molecule has 1 aromatic rings. The second-order valence-corrected chi connectivity index (χ2v) is 5.03. The van der Waals surface area contributed by atoms with Crippen molar-refractivity contribution >= 4 is 11.9 Å². The van der Waals surface area contributed by atoms with Crippen LogP contribution in [0.25, 0.3) is 0 Å². The number of aliphatic carboxylic acids is 1. The third-order valence-corrected chi connectivity index (χ3v) is 3.23. The van der Waals surface area contributed by atoms with Crippen LogP contribution in [0.3, 0.4) is 0 Å². The molecule has 1 rings (SSSR count). The van der Waals surface area contributed by atoms with Crippen molar-refractivity contribution in [2.45, 2.75) is 32.7 Å². The maximum absolute atomic E-state index is 13.3. The first-order valence-electron chi connectivity index (χ1n) is 6.72. The van der Waals surface area contributed by atoms with Crippen LogP contribution in [0, 0.1) is 5.82 Å². The summed E-state index contributed by atoms with van der Waals surface area (Å²) in [5.74, 6) is -1.84. The number of ether oxygens (including phenoxy) is 1. The molecular weight excluding hydrogens is 277 g/mol. The van der Waals surface area contributed by atoms with Crippen molar-refractivity contribution in [1.29, 1.82) is 0 Å². The van der Waals surface area contributed by atoms with E-state index >= 15 is 0 Å². The Bertz CT molecular complexity index is 516. The highest BCUT2D eigenvalue weighted by Gasteiger charge is 2.36. The van der Waals surface area contributed by atoms with E-state index in [4.69, 9.17) is 9.84 Å². The second-order valence-electron chi connectivity index (χ2n) is 5.03. The van der Waals surface area contributed by atoms with E-state index in [1.54, 1.807) is 19.1 Å². The molecule has 1 N–H and O–H groups in total. The number of carboxylic acids is 1. The van der Waals surface area contributed by atoms with Gasteiger partial charge in [0.1, 0.15) is 5.54 Å². The van der Waals surface area contributed by atoms with Gasteiger partial charge in [-0.2, -0.15) is 0 Å². The van der Waals surface area contributed by atoms with Gasteiger partial charge in [-0.05, 0) is 32.9 Å². The molecule has 0 fully saturated rings. The molecule has 0 aliphatic heterocycles. The van der Waals surface area contributed by atoms with Crippen LogP contribution in [0.15, 0.2) is 24.3 Å². The summed E-state index contributed by atoms with van der Waals surface area (Å²) in [5.41, 5.74) is -1.29. The van der Waals surface area contributed by atoms with Gasteiger partial charge >= 0.3 is 5.97 Å². The van der Waals surface area contributed by atoms with Gasteiger partial charge in [-0.1, -0.05) is 12.1 Å². The second kappa shape index (κ2) is 7.06. The number of carbonyl (C=O) groups is 2. The molecule has 0 bridgehead atoms. The summed E-state index contributed by atoms with van der Waals surface area (Å²) in [5, 5.41) is 9.16. The number of carbonyl (C=O) groups excluding carboxylic acids is 1. The van der Waals surface area contributed by atoms with Crippen LogP contribution in [0.2, 0.25) is 0 Å². The number of hydrogen-bond acceptors (Lipinski definition) is 3. The Balaban J connectivity index is 2.60. The van der Waals surface area contributed by atoms with E-state index in [1.165, 1.54) is 30.9 Å². The summed E-state index contributed by atoms with van der Waals surface area (Å²) in [6.07, 6.45) is -0.0150. The average Bonchev–Trinajstić information content (AvgIpc) is 2.41. The minimum atomic E-state index is -1.29. The van der Waals surface area contributed by atoms with Gasteiger partial charge in [-0.3, -0.25) is 4.79 Å². The molecule has 0 unspecified atom stereocenters. The zero-order valence-corrected chi connectivity index (χ0v) is 12.4. The molecule has 0 radical (unpaired) electrons. The molecule has 0 spiro atoms. The van der Waals surface area contributed by atoms with E-state index < -0.39 is 17.3 Å². The molecule has 5 nitrogen and oxygen atoms in total. The van der Waals surface area contributed by atoms with E-state index in [2.05, 4.69) is 0 Å². The highest BCUT2D eigenvalue weighted by Crippen LogP contribution is 2.18. The third kappa shape index (κ3) is 4.18. The third-order valence-electron chi connectivity index (χ3n) is 3.23. The lowest BCUT2D eigenvalue weighted by Crippen LogP contribution is -2.53. The monoisotopic (exact) mass is 297 g/mol. The first-order chi connectivity index (χ1) is 9.80. The summed E-state index contributed by atoms with van der Waals surface area (Å²) < 4.78 is 18.5. The van der Waals surface area contributed by atoms with Crippen molar-refractivity contribution in [1.82, 2.24) is 4.90 Å². The van der Waals surface area contributed by atoms with E-state index in [0.717, 1.165) is 0 Å². The lowest BCUT2D eigenvalue weighted by atomic mass is 10.0. The number of rotatable bonds is 7. The number of likely N-dealkylation sites (N-methyl/N-ethyl adjacent to an activating group) is 1. The number of halogens is 1. The van der Waals surface area contributed by atoms with Crippen molar-refractivity contribution in [2.75, 3.05) is 13.2 Å². The highest BCUT2D eigenvalue weighted by atomic mass is 19.1. The van der Waals surface area contributed by atoms with Gasteiger partial charge in [0.2, 0.25) is 5.91 Å². The highest BCUT2D eigenvalue weighted by molar-refractivity contribution is 5.86. The number of carboxylic acid groups (broad SMARTS) is 1. The SMILES string of the molecule is CCN(C(=O)CCOc1ccccc1F)C(C)(C)C(=O)O. The molecule has 1 amide bonds. The Morgan fingerprint density at radius 2 is 1.95 bits per heavy atom. The number of amides is 1. The Kier molecular flexibility index (Phi) is 5.69. The standard InChI is InChI=1S/C15H20FNO4/c1-4-17(15(2,3)14(19)20)13(18)9-10-21-12-8-6-5-7-11(12)16/h5-8H,4,9-10H2,1-3H3,(H,19,20). The average molecular weight is 297 g/mol. The van der Waals surface area contributed by atoms with Crippen LogP contribution in [-0.2, 0) is 9.59 Å². The maximum Gasteiger partial charge on any atom is 0.329 e. The van der Waals surface area contributed by atoms with Crippen molar-refractivity contribution in [2.24, 2.45) is 0 Å². The normalized spacial score (nSPS) is 11.0. The van der Waals surface area contributed by atoms with Crippen molar-refractivity contribution < 1.29 is 23.8 Å². The number of nitrogens with zero attached hydrogens (tertiary/aromatic N) is 1.